The first kappa shape index (κ1) is 28.0. The van der Waals surface area contributed by atoms with Gasteiger partial charge in [0.1, 0.15) is 12.3 Å². The molecule has 12 nitrogen and oxygen atoms in total. The molecule has 2 N–H and O–H groups in total. The van der Waals surface area contributed by atoms with Crippen LogP contribution in [-0.2, 0) is 26.1 Å². The van der Waals surface area contributed by atoms with Crippen molar-refractivity contribution < 1.29 is 27.1 Å². The Morgan fingerprint density at radius 3 is 2.55 bits per heavy atom. The number of nitrogens with one attached hydrogen (secondary N) is 2. The maximum Gasteiger partial charge on any atom is 0.508 e. The summed E-state index contributed by atoms with van der Waals surface area (Å²) in [6, 6.07) is 1.45. The first-order chi connectivity index (χ1) is 18.0. The fourth-order valence-electron chi connectivity index (χ4n) is 5.17. The van der Waals surface area contributed by atoms with E-state index in [0.717, 1.165) is 25.0 Å². The number of aromatic nitrogens is 4. The van der Waals surface area contributed by atoms with Crippen LogP contribution in [0.4, 0.5) is 26.8 Å². The van der Waals surface area contributed by atoms with Gasteiger partial charge in [-0.2, -0.15) is 14.4 Å². The average Bonchev–Trinajstić information content (AvgIpc) is 3.27. The van der Waals surface area contributed by atoms with E-state index in [9.17, 15) is 13.2 Å². The van der Waals surface area contributed by atoms with Crippen LogP contribution in [-0.4, -0.2) is 76.1 Å². The lowest BCUT2D eigenvalue weighted by Crippen LogP contribution is -2.58. The number of carbonyl (C=O) groups is 1. The summed E-state index contributed by atoms with van der Waals surface area (Å²) in [4.78, 5) is 22.6. The van der Waals surface area contributed by atoms with E-state index in [1.54, 1.807) is 31.1 Å². The van der Waals surface area contributed by atoms with Gasteiger partial charge in [0, 0.05) is 36.9 Å². The van der Waals surface area contributed by atoms with Gasteiger partial charge in [0.2, 0.25) is 16.0 Å². The van der Waals surface area contributed by atoms with Crippen LogP contribution in [0, 0.1) is 12.7 Å². The zero-order valence-electron chi connectivity index (χ0n) is 22.4. The molecule has 2 aliphatic heterocycles. The van der Waals surface area contributed by atoms with Crippen LogP contribution < -0.4 is 10.2 Å². The van der Waals surface area contributed by atoms with Gasteiger partial charge in [-0.25, -0.2) is 22.6 Å². The molecular formula is C24H36FN7O5S. The molecule has 0 amide bonds. The van der Waals surface area contributed by atoms with E-state index >= 15 is 4.39 Å². The molecule has 0 aromatic carbocycles. The van der Waals surface area contributed by atoms with Gasteiger partial charge >= 0.3 is 6.16 Å². The molecule has 2 aromatic heterocycles. The molecule has 0 spiro atoms. The molecule has 210 valence electrons. The highest BCUT2D eigenvalue weighted by molar-refractivity contribution is 7.89. The first-order valence-corrected chi connectivity index (χ1v) is 14.5. The zero-order valence-corrected chi connectivity index (χ0v) is 23.2. The Labute approximate surface area is 222 Å². The zero-order chi connectivity index (χ0) is 27.6. The Morgan fingerprint density at radius 2 is 1.97 bits per heavy atom. The minimum atomic E-state index is -3.32. The maximum absolute atomic E-state index is 15.4. The third-order valence-corrected chi connectivity index (χ3v) is 8.92. The summed E-state index contributed by atoms with van der Waals surface area (Å²) < 4.78 is 52.8. The van der Waals surface area contributed by atoms with E-state index in [1.165, 1.54) is 0 Å². The number of rotatable bonds is 9. The van der Waals surface area contributed by atoms with Crippen molar-refractivity contribution in [3.05, 3.63) is 23.3 Å². The van der Waals surface area contributed by atoms with E-state index in [1.807, 2.05) is 18.9 Å². The van der Waals surface area contributed by atoms with Crippen LogP contribution in [0.3, 0.4) is 0 Å². The molecule has 0 aliphatic carbocycles. The van der Waals surface area contributed by atoms with Gasteiger partial charge in [-0.05, 0) is 53.4 Å². The Bertz CT molecular complexity index is 1240. The number of carbonyl (C=O) groups excluding carboxylic acids is 1. The molecule has 2 bridgehead atoms. The van der Waals surface area contributed by atoms with E-state index in [-0.39, 0.29) is 47.4 Å². The topological polar surface area (TPSA) is 143 Å². The number of aromatic amines is 1. The number of anilines is 3. The largest absolute Gasteiger partial charge is 0.508 e. The van der Waals surface area contributed by atoms with Crippen LogP contribution in [0.5, 0.6) is 0 Å². The van der Waals surface area contributed by atoms with Crippen molar-refractivity contribution >= 4 is 33.8 Å². The standard InChI is InChI=1S/C24H36FN7O5S/c1-6-38(34,35)32-16-8-7-9-17(32)12-18(11-16)31(5)23-26-19(13-36-24(33)37-14(2)3)21(25)22(28-23)27-20-10-15(4)29-30-20/h10,14,16-18H,6-9,11-13H2,1-5H3,(H2,26,27,28,29,30)/t16-,17+,18-. The number of hydrogen-bond acceptors (Lipinski definition) is 10. The second-order valence-corrected chi connectivity index (χ2v) is 12.3. The highest BCUT2D eigenvalue weighted by Crippen LogP contribution is 2.38. The van der Waals surface area contributed by atoms with E-state index in [0.29, 0.717) is 18.7 Å². The normalized spacial score (nSPS) is 21.8. The highest BCUT2D eigenvalue weighted by atomic mass is 32.2. The van der Waals surface area contributed by atoms with Crippen molar-refractivity contribution in [1.29, 1.82) is 0 Å². The van der Waals surface area contributed by atoms with Crippen molar-refractivity contribution in [3.63, 3.8) is 0 Å². The number of nitrogens with zero attached hydrogens (tertiary/aromatic N) is 5. The third-order valence-electron chi connectivity index (χ3n) is 6.95. The monoisotopic (exact) mass is 553 g/mol. The second-order valence-electron chi connectivity index (χ2n) is 10.1. The van der Waals surface area contributed by atoms with Crippen molar-refractivity contribution in [2.75, 3.05) is 23.0 Å². The van der Waals surface area contributed by atoms with Gasteiger partial charge < -0.3 is 19.7 Å². The molecule has 0 radical (unpaired) electrons. The lowest BCUT2D eigenvalue weighted by molar-refractivity contribution is 0.0285. The predicted molar refractivity (Wildman–Crippen MR) is 139 cm³/mol. The SMILES string of the molecule is CCS(=O)(=O)N1[C@@H]2CCC[C@H]1C[C@H](N(C)c1nc(COC(=O)OC(C)C)c(F)c(Nc3cc(C)[nH]n3)n1)C2. The Morgan fingerprint density at radius 1 is 1.29 bits per heavy atom. The van der Waals surface area contributed by atoms with Crippen molar-refractivity contribution in [3.8, 4) is 0 Å². The van der Waals surface area contributed by atoms with Gasteiger partial charge in [0.15, 0.2) is 17.5 Å². The number of hydrogen-bond donors (Lipinski definition) is 2. The van der Waals surface area contributed by atoms with Crippen LogP contribution in [0.15, 0.2) is 6.07 Å². The third kappa shape index (κ3) is 6.17. The molecule has 3 atom stereocenters. The molecular weight excluding hydrogens is 517 g/mol. The molecule has 4 heterocycles. The summed E-state index contributed by atoms with van der Waals surface area (Å²) in [6.07, 6.45) is 2.49. The summed E-state index contributed by atoms with van der Waals surface area (Å²) in [5.41, 5.74) is 0.656. The lowest BCUT2D eigenvalue weighted by atomic mass is 9.83. The molecule has 38 heavy (non-hydrogen) atoms. The maximum atomic E-state index is 15.4. The number of H-pyrrole nitrogens is 1. The minimum Gasteiger partial charge on any atom is -0.432 e. The summed E-state index contributed by atoms with van der Waals surface area (Å²) >= 11 is 0. The Balaban J connectivity index is 1.61. The number of ether oxygens (including phenoxy) is 2. The molecule has 2 saturated heterocycles. The Hall–Kier alpha value is -3.00. The summed E-state index contributed by atoms with van der Waals surface area (Å²) in [7, 11) is -1.50. The van der Waals surface area contributed by atoms with E-state index < -0.39 is 28.6 Å². The molecule has 14 heteroatoms. The van der Waals surface area contributed by atoms with Crippen molar-refractivity contribution in [2.45, 2.75) is 90.6 Å². The van der Waals surface area contributed by atoms with E-state index in [4.69, 9.17) is 9.47 Å². The summed E-state index contributed by atoms with van der Waals surface area (Å²) in [5.74, 6) is -0.221. The van der Waals surface area contributed by atoms with Crippen LogP contribution in [0.1, 0.15) is 64.3 Å². The number of sulfonamides is 1. The van der Waals surface area contributed by atoms with Crippen LogP contribution >= 0.6 is 0 Å². The molecule has 0 saturated carbocycles. The molecule has 0 unspecified atom stereocenters. The van der Waals surface area contributed by atoms with Gasteiger partial charge in [0.05, 0.1) is 11.9 Å². The van der Waals surface area contributed by atoms with Crippen LogP contribution in [0.25, 0.3) is 0 Å². The smallest absolute Gasteiger partial charge is 0.432 e. The lowest BCUT2D eigenvalue weighted by Gasteiger charge is -2.49. The van der Waals surface area contributed by atoms with Gasteiger partial charge in [-0.15, -0.1) is 0 Å². The molecule has 2 aromatic rings. The highest BCUT2D eigenvalue weighted by Gasteiger charge is 2.45. The van der Waals surface area contributed by atoms with Gasteiger partial charge in [-0.1, -0.05) is 6.42 Å². The molecule has 2 fully saturated rings. The van der Waals surface area contributed by atoms with Crippen molar-refractivity contribution in [1.82, 2.24) is 24.5 Å². The van der Waals surface area contributed by atoms with Crippen LogP contribution in [0.2, 0.25) is 0 Å². The number of piperidine rings is 2. The van der Waals surface area contributed by atoms with E-state index in [2.05, 4.69) is 25.5 Å². The van der Waals surface area contributed by atoms with Gasteiger partial charge in [-0.3, -0.25) is 5.10 Å². The Kier molecular flexibility index (Phi) is 8.40. The fourth-order valence-corrected chi connectivity index (χ4v) is 6.76. The second kappa shape index (κ2) is 11.4. The average molecular weight is 554 g/mol. The molecule has 2 aliphatic rings. The summed E-state index contributed by atoms with van der Waals surface area (Å²) in [6.45, 7) is 6.40. The number of aryl methyl sites for hydroxylation is 1. The minimum absolute atomic E-state index is 0.0563. The summed E-state index contributed by atoms with van der Waals surface area (Å²) in [5, 5.41) is 9.74. The van der Waals surface area contributed by atoms with Crippen molar-refractivity contribution in [2.24, 2.45) is 0 Å². The number of fused-ring (bicyclic) bond motifs is 2. The quantitative estimate of drug-likeness (QED) is 0.442. The first-order valence-electron chi connectivity index (χ1n) is 12.9. The predicted octanol–water partition coefficient (Wildman–Crippen LogP) is 3.62. The molecule has 4 rings (SSSR count). The fraction of sp³-hybridized carbons (Fsp3) is 0.667. The number of halogens is 1. The van der Waals surface area contributed by atoms with Gasteiger partial charge in [0.25, 0.3) is 0 Å².